The molecule has 9 nitrogen and oxygen atoms in total. The van der Waals surface area contributed by atoms with Gasteiger partial charge in [0, 0.05) is 38.8 Å². The van der Waals surface area contributed by atoms with Crippen molar-refractivity contribution in [3.05, 3.63) is 39.1 Å². The van der Waals surface area contributed by atoms with Crippen LogP contribution in [-0.2, 0) is 29.4 Å². The zero-order chi connectivity index (χ0) is 20.6. The number of hydrogen-bond donors (Lipinski definition) is 1. The molecule has 1 saturated heterocycles. The Bertz CT molecular complexity index is 1030. The van der Waals surface area contributed by atoms with Crippen molar-refractivity contribution in [2.45, 2.75) is 51.0 Å². The number of nitrogens with one attached hydrogen (secondary N) is 1. The molecule has 0 bridgehead atoms. The molecule has 0 amide bonds. The summed E-state index contributed by atoms with van der Waals surface area (Å²) in [6, 6.07) is 1.74. The molecule has 2 aliphatic rings. The molecule has 10 heteroatoms. The van der Waals surface area contributed by atoms with Crippen LogP contribution in [0.4, 0.5) is 0 Å². The lowest BCUT2D eigenvalue weighted by Crippen LogP contribution is -2.49. The van der Waals surface area contributed by atoms with E-state index in [1.807, 2.05) is 0 Å². The van der Waals surface area contributed by atoms with Gasteiger partial charge in [-0.2, -0.15) is 14.5 Å². The fourth-order valence-corrected chi connectivity index (χ4v) is 5.99. The van der Waals surface area contributed by atoms with E-state index in [9.17, 15) is 13.2 Å². The predicted octanol–water partition coefficient (Wildman–Crippen LogP) is 0.469. The molecule has 1 aliphatic carbocycles. The normalized spacial score (nSPS) is 18.7. The first-order chi connectivity index (χ1) is 13.9. The number of nitrogens with zero attached hydrogens (tertiary/aromatic N) is 5. The highest BCUT2D eigenvalue weighted by molar-refractivity contribution is 7.89. The second kappa shape index (κ2) is 8.00. The maximum atomic E-state index is 12.9. The van der Waals surface area contributed by atoms with E-state index >= 15 is 0 Å². The van der Waals surface area contributed by atoms with Crippen LogP contribution in [0.3, 0.4) is 0 Å². The Morgan fingerprint density at radius 3 is 2.48 bits per heavy atom. The van der Waals surface area contributed by atoms with Crippen LogP contribution in [0.15, 0.2) is 15.8 Å². The van der Waals surface area contributed by atoms with Crippen LogP contribution in [0.25, 0.3) is 0 Å². The molecule has 1 N–H and O–H groups in total. The van der Waals surface area contributed by atoms with Gasteiger partial charge in [0.2, 0.25) is 10.0 Å². The molecule has 2 aromatic rings. The summed E-state index contributed by atoms with van der Waals surface area (Å²) in [4.78, 5) is 14.8. The SMILES string of the molecule is Cc1n[nH]c(C)c1S(=O)(=O)N1CCN(CCn2nc3c(cc2=O)CCCC3)CC1. The van der Waals surface area contributed by atoms with Gasteiger partial charge in [-0.1, -0.05) is 0 Å². The summed E-state index contributed by atoms with van der Waals surface area (Å²) in [5, 5.41) is 11.3. The van der Waals surface area contributed by atoms with Crippen molar-refractivity contribution in [2.24, 2.45) is 0 Å². The maximum Gasteiger partial charge on any atom is 0.267 e. The first-order valence-corrected chi connectivity index (χ1v) is 11.6. The van der Waals surface area contributed by atoms with E-state index in [4.69, 9.17) is 0 Å². The lowest BCUT2D eigenvalue weighted by atomic mass is 9.97. The highest BCUT2D eigenvalue weighted by Gasteiger charge is 2.32. The highest BCUT2D eigenvalue weighted by Crippen LogP contribution is 2.22. The molecule has 3 heterocycles. The van der Waals surface area contributed by atoms with Gasteiger partial charge in [-0.05, 0) is 45.1 Å². The van der Waals surface area contributed by atoms with Gasteiger partial charge in [-0.25, -0.2) is 13.1 Å². The molecule has 4 rings (SSSR count). The van der Waals surface area contributed by atoms with Crippen molar-refractivity contribution in [3.8, 4) is 0 Å². The van der Waals surface area contributed by atoms with E-state index in [0.29, 0.717) is 50.7 Å². The summed E-state index contributed by atoms with van der Waals surface area (Å²) >= 11 is 0. The molecular formula is C19H28N6O3S. The second-order valence-electron chi connectivity index (χ2n) is 7.89. The first kappa shape index (κ1) is 20.2. The van der Waals surface area contributed by atoms with Gasteiger partial charge in [0.05, 0.1) is 23.6 Å². The molecule has 0 spiro atoms. The van der Waals surface area contributed by atoms with Gasteiger partial charge < -0.3 is 0 Å². The van der Waals surface area contributed by atoms with Crippen LogP contribution in [0, 0.1) is 13.8 Å². The number of sulfonamides is 1. The third-order valence-electron chi connectivity index (χ3n) is 5.89. The summed E-state index contributed by atoms with van der Waals surface area (Å²) in [5.41, 5.74) is 3.18. The number of hydrogen-bond acceptors (Lipinski definition) is 6. The number of piperazine rings is 1. The van der Waals surface area contributed by atoms with Crippen LogP contribution in [0.2, 0.25) is 0 Å². The van der Waals surface area contributed by atoms with Gasteiger partial charge in [0.1, 0.15) is 4.90 Å². The summed E-state index contributed by atoms with van der Waals surface area (Å²) in [6.45, 7) is 6.77. The molecular weight excluding hydrogens is 392 g/mol. The third kappa shape index (κ3) is 4.01. The first-order valence-electron chi connectivity index (χ1n) is 10.2. The number of fused-ring (bicyclic) bond motifs is 1. The molecule has 1 fully saturated rings. The van der Waals surface area contributed by atoms with E-state index in [1.54, 1.807) is 24.6 Å². The molecule has 0 unspecified atom stereocenters. The van der Waals surface area contributed by atoms with E-state index in [-0.39, 0.29) is 10.5 Å². The van der Waals surface area contributed by atoms with Gasteiger partial charge in [-0.15, -0.1) is 0 Å². The average molecular weight is 421 g/mol. The van der Waals surface area contributed by atoms with Gasteiger partial charge in [0.15, 0.2) is 0 Å². The van der Waals surface area contributed by atoms with Crippen molar-refractivity contribution in [3.63, 3.8) is 0 Å². The molecule has 0 aromatic carbocycles. The minimum Gasteiger partial charge on any atom is -0.299 e. The van der Waals surface area contributed by atoms with Crippen molar-refractivity contribution in [1.29, 1.82) is 0 Å². The molecule has 0 radical (unpaired) electrons. The number of H-pyrrole nitrogens is 1. The summed E-state index contributed by atoms with van der Waals surface area (Å²) in [6.07, 6.45) is 4.15. The number of aromatic nitrogens is 4. The Labute approximate surface area is 170 Å². The van der Waals surface area contributed by atoms with E-state index in [1.165, 1.54) is 4.31 Å². The number of aromatic amines is 1. The van der Waals surface area contributed by atoms with E-state index < -0.39 is 10.0 Å². The van der Waals surface area contributed by atoms with Crippen molar-refractivity contribution in [2.75, 3.05) is 32.7 Å². The van der Waals surface area contributed by atoms with Crippen LogP contribution in [0.1, 0.15) is 35.5 Å². The molecule has 158 valence electrons. The smallest absolute Gasteiger partial charge is 0.267 e. The summed E-state index contributed by atoms with van der Waals surface area (Å²) < 4.78 is 29.0. The summed E-state index contributed by atoms with van der Waals surface area (Å²) in [5.74, 6) is 0. The predicted molar refractivity (Wildman–Crippen MR) is 108 cm³/mol. The van der Waals surface area contributed by atoms with E-state index in [0.717, 1.165) is 36.9 Å². The third-order valence-corrected chi connectivity index (χ3v) is 8.05. The quantitative estimate of drug-likeness (QED) is 0.754. The van der Waals surface area contributed by atoms with E-state index in [2.05, 4.69) is 20.2 Å². The maximum absolute atomic E-state index is 12.9. The van der Waals surface area contributed by atoms with Crippen LogP contribution in [0.5, 0.6) is 0 Å². The largest absolute Gasteiger partial charge is 0.299 e. The highest BCUT2D eigenvalue weighted by atomic mass is 32.2. The topological polar surface area (TPSA) is 104 Å². The van der Waals surface area contributed by atoms with Crippen LogP contribution < -0.4 is 5.56 Å². The van der Waals surface area contributed by atoms with Crippen LogP contribution >= 0.6 is 0 Å². The average Bonchev–Trinajstić information content (AvgIpc) is 3.05. The number of rotatable bonds is 5. The Kier molecular flexibility index (Phi) is 5.58. The standard InChI is InChI=1S/C19H28N6O3S/c1-14-19(15(2)21-20-14)29(27,28)24-10-7-23(8-11-24)9-12-25-18(26)13-16-5-3-4-6-17(16)22-25/h13H,3-12H2,1-2H3,(H,20,21). The van der Waals surface area contributed by atoms with Crippen molar-refractivity contribution in [1.82, 2.24) is 29.2 Å². The lowest BCUT2D eigenvalue weighted by molar-refractivity contribution is 0.180. The minimum absolute atomic E-state index is 0.0437. The molecule has 1 aliphatic heterocycles. The minimum atomic E-state index is -3.54. The summed E-state index contributed by atoms with van der Waals surface area (Å²) in [7, 11) is -3.54. The Hall–Kier alpha value is -2.04. The molecule has 29 heavy (non-hydrogen) atoms. The van der Waals surface area contributed by atoms with Gasteiger partial charge in [0.25, 0.3) is 5.56 Å². The van der Waals surface area contributed by atoms with Crippen LogP contribution in [-0.4, -0.2) is 70.3 Å². The van der Waals surface area contributed by atoms with Crippen molar-refractivity contribution < 1.29 is 8.42 Å². The Morgan fingerprint density at radius 1 is 1.07 bits per heavy atom. The molecule has 0 atom stereocenters. The Balaban J connectivity index is 1.37. The lowest BCUT2D eigenvalue weighted by Gasteiger charge is -2.34. The van der Waals surface area contributed by atoms with Gasteiger partial charge >= 0.3 is 0 Å². The monoisotopic (exact) mass is 420 g/mol. The fourth-order valence-electron chi connectivity index (χ4n) is 4.24. The van der Waals surface area contributed by atoms with Gasteiger partial charge in [-0.3, -0.25) is 14.8 Å². The Morgan fingerprint density at radius 2 is 1.79 bits per heavy atom. The zero-order valence-corrected chi connectivity index (χ0v) is 17.8. The molecule has 2 aromatic heterocycles. The number of aryl methyl sites for hydroxylation is 4. The zero-order valence-electron chi connectivity index (χ0n) is 17.0. The second-order valence-corrected chi connectivity index (χ2v) is 9.77. The van der Waals surface area contributed by atoms with Crippen molar-refractivity contribution >= 4 is 10.0 Å². The molecule has 0 saturated carbocycles. The fraction of sp³-hybridized carbons (Fsp3) is 0.632.